The lowest BCUT2D eigenvalue weighted by Crippen LogP contribution is -2.23. The van der Waals surface area contributed by atoms with Crippen molar-refractivity contribution in [1.82, 2.24) is 9.71 Å². The van der Waals surface area contributed by atoms with Crippen LogP contribution in [0.25, 0.3) is 0 Å². The van der Waals surface area contributed by atoms with Gasteiger partial charge in [-0.15, -0.1) is 0 Å². The molecule has 0 atom stereocenters. The average molecular weight is 325 g/mol. The van der Waals surface area contributed by atoms with Gasteiger partial charge in [0.15, 0.2) is 0 Å². The molecule has 6 nitrogen and oxygen atoms in total. The average Bonchev–Trinajstić information content (AvgIpc) is 2.76. The monoisotopic (exact) mass is 325 g/mol. The number of nitrogens with one attached hydrogen (secondary N) is 1. The molecule has 2 rings (SSSR count). The molecular weight excluding hydrogens is 310 g/mol. The summed E-state index contributed by atoms with van der Waals surface area (Å²) in [7, 11) is -3.64. The zero-order valence-electron chi connectivity index (χ0n) is 11.6. The summed E-state index contributed by atoms with van der Waals surface area (Å²) in [5.41, 5.74) is 6.82. The van der Waals surface area contributed by atoms with Crippen LogP contribution in [0.4, 0.5) is 0 Å². The predicted molar refractivity (Wildman–Crippen MR) is 82.3 cm³/mol. The summed E-state index contributed by atoms with van der Waals surface area (Å²) in [6, 6.07) is 6.03. The van der Waals surface area contributed by atoms with E-state index in [1.807, 2.05) is 0 Å². The molecule has 0 saturated heterocycles. The molecule has 1 heterocycles. The first kappa shape index (κ1) is 15.6. The molecule has 0 amide bonds. The van der Waals surface area contributed by atoms with Gasteiger partial charge in [0, 0.05) is 5.56 Å². The molecule has 112 valence electrons. The third-order valence-corrected chi connectivity index (χ3v) is 4.59. The Labute approximate surface area is 128 Å². The van der Waals surface area contributed by atoms with E-state index < -0.39 is 10.0 Å². The van der Waals surface area contributed by atoms with Crippen LogP contribution >= 0.6 is 12.2 Å². The normalized spacial score (nSPS) is 11.5. The maximum atomic E-state index is 12.1. The molecule has 2 aromatic rings. The topological polar surface area (TPSA) is 98.2 Å². The third-order valence-electron chi connectivity index (χ3n) is 2.94. The molecule has 0 radical (unpaired) electrons. The SMILES string of the molecule is Cc1nc(CNS(=O)(=O)c2ccc(C(N)=S)cc2)oc1C. The zero-order chi connectivity index (χ0) is 15.6. The van der Waals surface area contributed by atoms with Crippen LogP contribution < -0.4 is 10.5 Å². The van der Waals surface area contributed by atoms with E-state index >= 15 is 0 Å². The van der Waals surface area contributed by atoms with Gasteiger partial charge in [-0.25, -0.2) is 18.1 Å². The number of sulfonamides is 1. The number of thiocarbonyl (C=S) groups is 1. The zero-order valence-corrected chi connectivity index (χ0v) is 13.2. The van der Waals surface area contributed by atoms with E-state index in [9.17, 15) is 8.42 Å². The minimum atomic E-state index is -3.64. The fourth-order valence-corrected chi connectivity index (χ4v) is 2.76. The van der Waals surface area contributed by atoms with Crippen molar-refractivity contribution < 1.29 is 12.8 Å². The van der Waals surface area contributed by atoms with Crippen molar-refractivity contribution >= 4 is 27.2 Å². The van der Waals surface area contributed by atoms with E-state index in [1.54, 1.807) is 26.0 Å². The number of hydrogen-bond donors (Lipinski definition) is 2. The molecule has 0 aliphatic heterocycles. The minimum Gasteiger partial charge on any atom is -0.444 e. The molecular formula is C13H15N3O3S2. The smallest absolute Gasteiger partial charge is 0.241 e. The van der Waals surface area contributed by atoms with Gasteiger partial charge in [-0.05, 0) is 26.0 Å². The molecule has 8 heteroatoms. The summed E-state index contributed by atoms with van der Waals surface area (Å²) in [6.45, 7) is 3.56. The van der Waals surface area contributed by atoms with Gasteiger partial charge in [0.2, 0.25) is 15.9 Å². The van der Waals surface area contributed by atoms with Crippen molar-refractivity contribution in [2.75, 3.05) is 0 Å². The van der Waals surface area contributed by atoms with Crippen LogP contribution in [-0.4, -0.2) is 18.4 Å². The maximum Gasteiger partial charge on any atom is 0.241 e. The number of aromatic nitrogens is 1. The molecule has 1 aromatic heterocycles. The molecule has 0 spiro atoms. The van der Waals surface area contributed by atoms with E-state index in [1.165, 1.54) is 12.1 Å². The highest BCUT2D eigenvalue weighted by atomic mass is 32.2. The van der Waals surface area contributed by atoms with Crippen molar-refractivity contribution in [2.45, 2.75) is 25.3 Å². The predicted octanol–water partition coefficient (Wildman–Crippen LogP) is 1.40. The Hall–Kier alpha value is -1.77. The van der Waals surface area contributed by atoms with Crippen LogP contribution in [0.15, 0.2) is 33.6 Å². The van der Waals surface area contributed by atoms with Gasteiger partial charge in [-0.1, -0.05) is 24.4 Å². The first-order chi connectivity index (χ1) is 9.79. The van der Waals surface area contributed by atoms with Gasteiger partial charge in [-0.3, -0.25) is 0 Å². The Balaban J connectivity index is 2.12. The quantitative estimate of drug-likeness (QED) is 0.807. The van der Waals surface area contributed by atoms with E-state index in [-0.39, 0.29) is 16.4 Å². The summed E-state index contributed by atoms with van der Waals surface area (Å²) in [6.07, 6.45) is 0. The van der Waals surface area contributed by atoms with Crippen molar-refractivity contribution in [2.24, 2.45) is 5.73 Å². The fourth-order valence-electron chi connectivity index (χ4n) is 1.65. The maximum absolute atomic E-state index is 12.1. The largest absolute Gasteiger partial charge is 0.444 e. The van der Waals surface area contributed by atoms with Gasteiger partial charge in [0.1, 0.15) is 10.7 Å². The van der Waals surface area contributed by atoms with Crippen molar-refractivity contribution in [1.29, 1.82) is 0 Å². The fraction of sp³-hybridized carbons (Fsp3) is 0.231. The highest BCUT2D eigenvalue weighted by Crippen LogP contribution is 2.12. The molecule has 0 aliphatic rings. The summed E-state index contributed by atoms with van der Waals surface area (Å²) in [4.78, 5) is 4.46. The van der Waals surface area contributed by atoms with E-state index in [2.05, 4.69) is 9.71 Å². The summed E-state index contributed by atoms with van der Waals surface area (Å²) in [5.74, 6) is 0.998. The number of oxazole rings is 1. The van der Waals surface area contributed by atoms with Crippen LogP contribution in [0.2, 0.25) is 0 Å². The second kappa shape index (κ2) is 5.92. The summed E-state index contributed by atoms with van der Waals surface area (Å²) < 4.78 is 32.0. The van der Waals surface area contributed by atoms with Gasteiger partial charge >= 0.3 is 0 Å². The number of benzene rings is 1. The number of aryl methyl sites for hydroxylation is 2. The Kier molecular flexibility index (Phi) is 4.40. The Morgan fingerprint density at radius 2 is 1.95 bits per heavy atom. The molecule has 0 fully saturated rings. The first-order valence-corrected chi connectivity index (χ1v) is 8.01. The minimum absolute atomic E-state index is 0.00589. The Bertz CT molecular complexity index is 745. The van der Waals surface area contributed by atoms with E-state index in [4.69, 9.17) is 22.4 Å². The van der Waals surface area contributed by atoms with E-state index in [0.717, 1.165) is 5.69 Å². The Morgan fingerprint density at radius 1 is 1.33 bits per heavy atom. The third kappa shape index (κ3) is 3.66. The lowest BCUT2D eigenvalue weighted by molar-refractivity contribution is 0.463. The van der Waals surface area contributed by atoms with Gasteiger partial charge in [0.05, 0.1) is 17.1 Å². The molecule has 0 saturated carbocycles. The highest BCUT2D eigenvalue weighted by molar-refractivity contribution is 7.89. The summed E-state index contributed by atoms with van der Waals surface area (Å²) in [5, 5.41) is 0. The number of rotatable bonds is 5. The van der Waals surface area contributed by atoms with Crippen LogP contribution in [0.1, 0.15) is 22.9 Å². The molecule has 1 aromatic carbocycles. The first-order valence-electron chi connectivity index (χ1n) is 6.12. The van der Waals surface area contributed by atoms with E-state index in [0.29, 0.717) is 17.2 Å². The molecule has 0 unspecified atom stereocenters. The Morgan fingerprint density at radius 3 is 2.43 bits per heavy atom. The molecule has 3 N–H and O–H groups in total. The summed E-state index contributed by atoms with van der Waals surface area (Å²) >= 11 is 4.82. The van der Waals surface area contributed by atoms with Gasteiger partial charge in [0.25, 0.3) is 0 Å². The second-order valence-electron chi connectivity index (χ2n) is 4.46. The second-order valence-corrected chi connectivity index (χ2v) is 6.67. The number of hydrogen-bond acceptors (Lipinski definition) is 5. The molecule has 0 bridgehead atoms. The van der Waals surface area contributed by atoms with Crippen molar-refractivity contribution in [3.05, 3.63) is 47.2 Å². The number of nitrogens with two attached hydrogens (primary N) is 1. The molecule has 0 aliphatic carbocycles. The van der Waals surface area contributed by atoms with Crippen LogP contribution in [-0.2, 0) is 16.6 Å². The van der Waals surface area contributed by atoms with Crippen LogP contribution in [0.3, 0.4) is 0 Å². The standard InChI is InChI=1S/C13H15N3O3S2/c1-8-9(2)19-12(16-8)7-15-21(17,18)11-5-3-10(4-6-11)13(14)20/h3-6,15H,7H2,1-2H3,(H2,14,20). The van der Waals surface area contributed by atoms with Crippen molar-refractivity contribution in [3.8, 4) is 0 Å². The number of nitrogens with zero attached hydrogens (tertiary/aromatic N) is 1. The van der Waals surface area contributed by atoms with Crippen LogP contribution in [0, 0.1) is 13.8 Å². The van der Waals surface area contributed by atoms with Crippen LogP contribution in [0.5, 0.6) is 0 Å². The lowest BCUT2D eigenvalue weighted by Gasteiger charge is -2.05. The highest BCUT2D eigenvalue weighted by Gasteiger charge is 2.15. The van der Waals surface area contributed by atoms with Gasteiger partial charge in [-0.2, -0.15) is 0 Å². The lowest BCUT2D eigenvalue weighted by atomic mass is 10.2. The van der Waals surface area contributed by atoms with Gasteiger partial charge < -0.3 is 10.2 Å². The van der Waals surface area contributed by atoms with Crippen molar-refractivity contribution in [3.63, 3.8) is 0 Å². The molecule has 21 heavy (non-hydrogen) atoms.